The quantitative estimate of drug-likeness (QED) is 0.696. The van der Waals surface area contributed by atoms with E-state index in [2.05, 4.69) is 10.2 Å². The third kappa shape index (κ3) is 0.958. The molecule has 2 aromatic rings. The third-order valence-corrected chi connectivity index (χ3v) is 1.75. The van der Waals surface area contributed by atoms with Crippen LogP contribution < -0.4 is 0 Å². The van der Waals surface area contributed by atoms with Crippen LogP contribution in [-0.4, -0.2) is 10.2 Å². The van der Waals surface area contributed by atoms with E-state index in [1.807, 2.05) is 0 Å². The Morgan fingerprint density at radius 2 is 2.17 bits per heavy atom. The SMILES string of the molecule is FC(F)c1cccc2[nH]ncc12. The van der Waals surface area contributed by atoms with Crippen molar-refractivity contribution in [3.05, 3.63) is 30.0 Å². The number of alkyl halides is 2. The van der Waals surface area contributed by atoms with Crippen LogP contribution in [0, 0.1) is 0 Å². The van der Waals surface area contributed by atoms with Gasteiger partial charge < -0.3 is 0 Å². The third-order valence-electron chi connectivity index (χ3n) is 1.75. The fourth-order valence-corrected chi connectivity index (χ4v) is 1.18. The second-order valence-corrected chi connectivity index (χ2v) is 2.48. The normalized spacial score (nSPS) is 11.2. The molecule has 0 atom stereocenters. The van der Waals surface area contributed by atoms with Crippen molar-refractivity contribution in [1.82, 2.24) is 10.2 Å². The molecule has 1 aromatic heterocycles. The van der Waals surface area contributed by atoms with Gasteiger partial charge in [0.1, 0.15) is 0 Å². The summed E-state index contributed by atoms with van der Waals surface area (Å²) in [7, 11) is 0. The van der Waals surface area contributed by atoms with Crippen LogP contribution in [0.1, 0.15) is 12.0 Å². The van der Waals surface area contributed by atoms with Crippen LogP contribution in [0.15, 0.2) is 24.4 Å². The predicted molar refractivity (Wildman–Crippen MR) is 41.1 cm³/mol. The number of aromatic nitrogens is 2. The number of rotatable bonds is 1. The van der Waals surface area contributed by atoms with Gasteiger partial charge in [-0.25, -0.2) is 8.78 Å². The molecule has 2 rings (SSSR count). The fraction of sp³-hybridized carbons (Fsp3) is 0.125. The van der Waals surface area contributed by atoms with E-state index < -0.39 is 6.43 Å². The van der Waals surface area contributed by atoms with Crippen molar-refractivity contribution in [2.24, 2.45) is 0 Å². The lowest BCUT2D eigenvalue weighted by Gasteiger charge is -1.98. The highest BCUT2D eigenvalue weighted by molar-refractivity contribution is 5.81. The molecule has 0 spiro atoms. The van der Waals surface area contributed by atoms with Gasteiger partial charge in [0.15, 0.2) is 0 Å². The van der Waals surface area contributed by atoms with E-state index in [9.17, 15) is 8.78 Å². The monoisotopic (exact) mass is 168 g/mol. The standard InChI is InChI=1S/C8H6F2N2/c9-8(10)5-2-1-3-7-6(5)4-11-12-7/h1-4,8H,(H,11,12). The Morgan fingerprint density at radius 1 is 1.33 bits per heavy atom. The molecule has 62 valence electrons. The van der Waals surface area contributed by atoms with Crippen molar-refractivity contribution >= 4 is 10.9 Å². The minimum absolute atomic E-state index is 0.0289. The van der Waals surface area contributed by atoms with E-state index in [1.54, 1.807) is 12.1 Å². The Bertz CT molecular complexity index is 395. The molecule has 1 heterocycles. The first-order chi connectivity index (χ1) is 5.79. The summed E-state index contributed by atoms with van der Waals surface area (Å²) in [5, 5.41) is 6.81. The Labute approximate surface area is 67.2 Å². The number of benzene rings is 1. The van der Waals surface area contributed by atoms with Gasteiger partial charge in [-0.15, -0.1) is 0 Å². The maximum atomic E-state index is 12.3. The highest BCUT2D eigenvalue weighted by atomic mass is 19.3. The van der Waals surface area contributed by atoms with Gasteiger partial charge in [-0.05, 0) is 6.07 Å². The molecular weight excluding hydrogens is 162 g/mol. The van der Waals surface area contributed by atoms with Crippen LogP contribution in [0.3, 0.4) is 0 Å². The summed E-state index contributed by atoms with van der Waals surface area (Å²) < 4.78 is 24.7. The summed E-state index contributed by atoms with van der Waals surface area (Å²) in [4.78, 5) is 0. The second kappa shape index (κ2) is 2.55. The molecule has 1 aromatic carbocycles. The summed E-state index contributed by atoms with van der Waals surface area (Å²) in [5.74, 6) is 0. The highest BCUT2D eigenvalue weighted by Crippen LogP contribution is 2.25. The molecule has 2 nitrogen and oxygen atoms in total. The molecule has 4 heteroatoms. The van der Waals surface area contributed by atoms with Crippen molar-refractivity contribution in [2.75, 3.05) is 0 Å². The van der Waals surface area contributed by atoms with Crippen molar-refractivity contribution in [2.45, 2.75) is 6.43 Å². The van der Waals surface area contributed by atoms with E-state index in [0.29, 0.717) is 10.9 Å². The van der Waals surface area contributed by atoms with Crippen LogP contribution in [0.5, 0.6) is 0 Å². The number of hydrogen-bond acceptors (Lipinski definition) is 1. The zero-order chi connectivity index (χ0) is 8.55. The Hall–Kier alpha value is -1.45. The van der Waals surface area contributed by atoms with Crippen LogP contribution in [0.4, 0.5) is 8.78 Å². The van der Waals surface area contributed by atoms with Crippen LogP contribution >= 0.6 is 0 Å². The molecule has 0 aliphatic heterocycles. The molecule has 1 N–H and O–H groups in total. The van der Waals surface area contributed by atoms with Crippen LogP contribution in [0.2, 0.25) is 0 Å². The van der Waals surface area contributed by atoms with Crippen LogP contribution in [0.25, 0.3) is 10.9 Å². The minimum atomic E-state index is -2.44. The molecule has 0 aliphatic carbocycles. The van der Waals surface area contributed by atoms with Gasteiger partial charge in [0.25, 0.3) is 6.43 Å². The van der Waals surface area contributed by atoms with E-state index in [-0.39, 0.29) is 5.56 Å². The average molecular weight is 168 g/mol. The highest BCUT2D eigenvalue weighted by Gasteiger charge is 2.11. The maximum absolute atomic E-state index is 12.3. The predicted octanol–water partition coefficient (Wildman–Crippen LogP) is 2.50. The van der Waals surface area contributed by atoms with Gasteiger partial charge in [0.2, 0.25) is 0 Å². The molecule has 0 bridgehead atoms. The number of fused-ring (bicyclic) bond motifs is 1. The topological polar surface area (TPSA) is 28.7 Å². The number of aromatic amines is 1. The Kier molecular flexibility index (Phi) is 1.53. The lowest BCUT2D eigenvalue weighted by Crippen LogP contribution is -1.83. The van der Waals surface area contributed by atoms with Gasteiger partial charge in [-0.2, -0.15) is 5.10 Å². The number of H-pyrrole nitrogens is 1. The van der Waals surface area contributed by atoms with Gasteiger partial charge in [0, 0.05) is 10.9 Å². The van der Waals surface area contributed by atoms with E-state index in [1.165, 1.54) is 12.3 Å². The van der Waals surface area contributed by atoms with E-state index in [4.69, 9.17) is 0 Å². The fourth-order valence-electron chi connectivity index (χ4n) is 1.18. The van der Waals surface area contributed by atoms with Gasteiger partial charge in [-0.3, -0.25) is 5.10 Å². The molecule has 0 fully saturated rings. The van der Waals surface area contributed by atoms with Crippen molar-refractivity contribution < 1.29 is 8.78 Å². The van der Waals surface area contributed by atoms with E-state index >= 15 is 0 Å². The molecule has 0 unspecified atom stereocenters. The minimum Gasteiger partial charge on any atom is -0.278 e. The smallest absolute Gasteiger partial charge is 0.264 e. The van der Waals surface area contributed by atoms with Gasteiger partial charge in [-0.1, -0.05) is 12.1 Å². The summed E-state index contributed by atoms with van der Waals surface area (Å²) in [6, 6.07) is 4.71. The van der Waals surface area contributed by atoms with Crippen molar-refractivity contribution in [3.8, 4) is 0 Å². The van der Waals surface area contributed by atoms with Gasteiger partial charge in [0.05, 0.1) is 11.7 Å². The molecule has 0 saturated heterocycles. The summed E-state index contributed by atoms with van der Waals surface area (Å²) in [5.41, 5.74) is 0.675. The largest absolute Gasteiger partial charge is 0.278 e. The van der Waals surface area contributed by atoms with Gasteiger partial charge >= 0.3 is 0 Å². The first kappa shape index (κ1) is 7.21. The number of nitrogens with one attached hydrogen (secondary N) is 1. The molecule has 0 saturated carbocycles. The summed E-state index contributed by atoms with van der Waals surface area (Å²) in [6.07, 6.45) is -1.03. The summed E-state index contributed by atoms with van der Waals surface area (Å²) >= 11 is 0. The lowest BCUT2D eigenvalue weighted by atomic mass is 10.1. The molecule has 12 heavy (non-hydrogen) atoms. The van der Waals surface area contributed by atoms with Crippen LogP contribution in [-0.2, 0) is 0 Å². The second-order valence-electron chi connectivity index (χ2n) is 2.48. The average Bonchev–Trinajstić information content (AvgIpc) is 2.49. The van der Waals surface area contributed by atoms with Crippen molar-refractivity contribution in [3.63, 3.8) is 0 Å². The molecular formula is C8H6F2N2. The zero-order valence-electron chi connectivity index (χ0n) is 6.09. The van der Waals surface area contributed by atoms with Crippen molar-refractivity contribution in [1.29, 1.82) is 0 Å². The number of hydrogen-bond donors (Lipinski definition) is 1. The first-order valence-corrected chi connectivity index (χ1v) is 3.49. The molecule has 0 aliphatic rings. The maximum Gasteiger partial charge on any atom is 0.264 e. The van der Waals surface area contributed by atoms with E-state index in [0.717, 1.165) is 0 Å². The lowest BCUT2D eigenvalue weighted by molar-refractivity contribution is 0.153. The number of nitrogens with zero attached hydrogens (tertiary/aromatic N) is 1. The first-order valence-electron chi connectivity index (χ1n) is 3.49. The summed E-state index contributed by atoms with van der Waals surface area (Å²) in [6.45, 7) is 0. The Balaban J connectivity index is 2.73. The Morgan fingerprint density at radius 3 is 2.92 bits per heavy atom. The zero-order valence-corrected chi connectivity index (χ0v) is 6.09. The number of halogens is 2. The molecule has 0 amide bonds. The molecule has 0 radical (unpaired) electrons.